The summed E-state index contributed by atoms with van der Waals surface area (Å²) in [5.41, 5.74) is 3.41. The van der Waals surface area contributed by atoms with Crippen LogP contribution in [0.3, 0.4) is 0 Å². The van der Waals surface area contributed by atoms with Crippen molar-refractivity contribution in [2.75, 3.05) is 25.0 Å². The quantitative estimate of drug-likeness (QED) is 0.247. The zero-order valence-corrected chi connectivity index (χ0v) is 25.3. The van der Waals surface area contributed by atoms with Crippen LogP contribution in [0.15, 0.2) is 53.5 Å². The third-order valence-electron chi connectivity index (χ3n) is 7.82. The number of hydrogen-bond donors (Lipinski definition) is 2. The van der Waals surface area contributed by atoms with Gasteiger partial charge in [0.2, 0.25) is 5.91 Å². The lowest BCUT2D eigenvalue weighted by Crippen LogP contribution is -2.38. The van der Waals surface area contributed by atoms with Crippen LogP contribution in [0.25, 0.3) is 16.9 Å². The molecule has 0 spiro atoms. The summed E-state index contributed by atoms with van der Waals surface area (Å²) in [5, 5.41) is 10.5. The minimum absolute atomic E-state index is 0.00375. The van der Waals surface area contributed by atoms with Crippen molar-refractivity contribution in [1.82, 2.24) is 34.4 Å². The van der Waals surface area contributed by atoms with Gasteiger partial charge in [0.25, 0.3) is 0 Å². The van der Waals surface area contributed by atoms with Gasteiger partial charge in [-0.15, -0.1) is 0 Å². The van der Waals surface area contributed by atoms with Crippen molar-refractivity contribution in [3.63, 3.8) is 0 Å². The van der Waals surface area contributed by atoms with E-state index in [0.29, 0.717) is 11.5 Å². The summed E-state index contributed by atoms with van der Waals surface area (Å²) >= 11 is 1.53. The lowest BCUT2D eigenvalue weighted by Gasteiger charge is -2.30. The first-order valence-electron chi connectivity index (χ1n) is 14.6. The predicted octanol–water partition coefficient (Wildman–Crippen LogP) is 5.20. The van der Waals surface area contributed by atoms with Crippen LogP contribution >= 0.6 is 11.9 Å². The van der Waals surface area contributed by atoms with Crippen LogP contribution in [0, 0.1) is 12.8 Å². The van der Waals surface area contributed by atoms with E-state index in [1.54, 1.807) is 18.6 Å². The molecule has 0 saturated carbocycles. The average Bonchev–Trinajstić information content (AvgIpc) is 3.72. The van der Waals surface area contributed by atoms with Crippen molar-refractivity contribution in [1.29, 1.82) is 0 Å². The summed E-state index contributed by atoms with van der Waals surface area (Å²) in [4.78, 5) is 24.4. The third-order valence-corrected chi connectivity index (χ3v) is 8.72. The summed E-state index contributed by atoms with van der Waals surface area (Å²) in [7, 11) is 0. The smallest absolute Gasteiger partial charge is 0.353 e. The molecule has 1 fully saturated rings. The molecule has 2 aliphatic heterocycles. The molecule has 1 saturated heterocycles. The number of likely N-dealkylation sites (tertiary alicyclic amines) is 1. The molecule has 1 aromatic carbocycles. The Labute approximate surface area is 257 Å². The zero-order valence-electron chi connectivity index (χ0n) is 24.5. The number of amides is 1. The Kier molecular flexibility index (Phi) is 8.63. The van der Waals surface area contributed by atoms with E-state index in [2.05, 4.69) is 32.5 Å². The van der Waals surface area contributed by atoms with Crippen molar-refractivity contribution < 1.29 is 18.0 Å². The lowest BCUT2D eigenvalue weighted by atomic mass is 10.00. The Morgan fingerprint density at radius 3 is 2.84 bits per heavy atom. The molecule has 2 atom stereocenters. The maximum absolute atomic E-state index is 13.3. The minimum Gasteiger partial charge on any atom is -0.353 e. The van der Waals surface area contributed by atoms with E-state index in [9.17, 15) is 18.0 Å². The second kappa shape index (κ2) is 12.6. The molecule has 0 radical (unpaired) electrons. The van der Waals surface area contributed by atoms with E-state index in [-0.39, 0.29) is 24.0 Å². The second-order valence-electron chi connectivity index (χ2n) is 11.5. The fraction of sp³-hybridized carbons (Fsp3) is 0.433. The van der Waals surface area contributed by atoms with E-state index in [1.165, 1.54) is 53.4 Å². The highest BCUT2D eigenvalue weighted by Gasteiger charge is 2.33. The second-order valence-corrected chi connectivity index (χ2v) is 12.5. The van der Waals surface area contributed by atoms with Crippen LogP contribution < -0.4 is 10.6 Å². The number of carbonyl (C=O) groups is 1. The normalized spacial score (nSPS) is 19.3. The van der Waals surface area contributed by atoms with Gasteiger partial charge in [0.15, 0.2) is 11.5 Å². The molecule has 4 aromatic rings. The largest absolute Gasteiger partial charge is 0.416 e. The molecule has 14 heteroatoms. The highest BCUT2D eigenvalue weighted by atomic mass is 32.2. The standard InChI is InChI=1S/C30H34F3N9OS/c1-19-6-5-9-40(14-19)17-23-10-27(44-39-23)38-28-29-35-13-25(42(29)15-20(2)37-28)22-12-36-41(16-22)18-26(43)34-11-21-7-3-4-8-24(21)30(31,32)33/h3-4,7-8,12-13,15-16,19,27H,5-6,9-11,14,17-18H2,1-2H3,(H,34,43)(H,37,38). The van der Waals surface area contributed by atoms with Crippen LogP contribution in [-0.2, 0) is 24.1 Å². The number of aryl methyl sites for hydroxylation is 1. The molecule has 232 valence electrons. The molecule has 2 N–H and O–H groups in total. The highest BCUT2D eigenvalue weighted by Crippen LogP contribution is 2.32. The maximum Gasteiger partial charge on any atom is 0.416 e. The first-order chi connectivity index (χ1) is 21.1. The van der Waals surface area contributed by atoms with Crippen LogP contribution in [0.1, 0.15) is 43.0 Å². The van der Waals surface area contributed by atoms with Crippen LogP contribution in [0.4, 0.5) is 19.0 Å². The first-order valence-corrected chi connectivity index (χ1v) is 15.5. The molecule has 0 bridgehead atoms. The number of fused-ring (bicyclic) bond motifs is 1. The number of halogens is 3. The van der Waals surface area contributed by atoms with Gasteiger partial charge in [-0.1, -0.05) is 25.1 Å². The van der Waals surface area contributed by atoms with Crippen molar-refractivity contribution in [3.05, 3.63) is 65.9 Å². The van der Waals surface area contributed by atoms with Crippen molar-refractivity contribution in [2.24, 2.45) is 10.3 Å². The predicted molar refractivity (Wildman–Crippen MR) is 164 cm³/mol. The molecule has 10 nitrogen and oxygen atoms in total. The summed E-state index contributed by atoms with van der Waals surface area (Å²) in [6, 6.07) is 5.20. The molecule has 1 amide bonds. The molecule has 6 rings (SSSR count). The molecule has 44 heavy (non-hydrogen) atoms. The van der Waals surface area contributed by atoms with E-state index in [1.807, 2.05) is 17.5 Å². The number of nitrogens with one attached hydrogen (secondary N) is 2. The van der Waals surface area contributed by atoms with E-state index in [4.69, 9.17) is 9.38 Å². The van der Waals surface area contributed by atoms with E-state index in [0.717, 1.165) is 55.0 Å². The summed E-state index contributed by atoms with van der Waals surface area (Å²) in [5.74, 6) is 0.945. The SMILES string of the molecule is Cc1cn2c(-c3cnn(CC(=O)NCc4ccccc4C(F)(F)F)c3)cnc2c(NC2CC(CN3CCCC(C)C3)=NS2)n1. The topological polar surface area (TPSA) is 105 Å². The summed E-state index contributed by atoms with van der Waals surface area (Å²) in [6.45, 7) is 7.00. The van der Waals surface area contributed by atoms with Crippen LogP contribution in [0.5, 0.6) is 0 Å². The Bertz CT molecular complexity index is 1680. The third kappa shape index (κ3) is 6.91. The van der Waals surface area contributed by atoms with Crippen molar-refractivity contribution in [2.45, 2.75) is 57.7 Å². The number of alkyl halides is 3. The number of rotatable bonds is 9. The maximum atomic E-state index is 13.3. The molecule has 3 aromatic heterocycles. The number of benzene rings is 1. The van der Waals surface area contributed by atoms with Gasteiger partial charge in [-0.25, -0.2) is 14.4 Å². The number of hydrogen-bond acceptors (Lipinski definition) is 8. The Hall–Kier alpha value is -3.91. The lowest BCUT2D eigenvalue weighted by molar-refractivity contribution is -0.138. The van der Waals surface area contributed by atoms with Gasteiger partial charge in [0, 0.05) is 49.7 Å². The number of nitrogens with zero attached hydrogens (tertiary/aromatic N) is 7. The van der Waals surface area contributed by atoms with Gasteiger partial charge >= 0.3 is 6.18 Å². The minimum atomic E-state index is -4.49. The fourth-order valence-corrected chi connectivity index (χ4v) is 6.63. The van der Waals surface area contributed by atoms with E-state index < -0.39 is 17.6 Å². The van der Waals surface area contributed by atoms with E-state index >= 15 is 0 Å². The van der Waals surface area contributed by atoms with Gasteiger partial charge in [-0.05, 0) is 55.8 Å². The molecule has 2 aliphatic rings. The molecular formula is C30H34F3N9OS. The van der Waals surface area contributed by atoms with Gasteiger partial charge in [0.1, 0.15) is 11.9 Å². The van der Waals surface area contributed by atoms with Gasteiger partial charge in [0.05, 0.1) is 29.3 Å². The molecule has 2 unspecified atom stereocenters. The Morgan fingerprint density at radius 2 is 2.02 bits per heavy atom. The number of piperidine rings is 1. The summed E-state index contributed by atoms with van der Waals surface area (Å²) in [6.07, 6.45) is 5.85. The summed E-state index contributed by atoms with van der Waals surface area (Å²) < 4.78 is 48.0. The molecule has 0 aliphatic carbocycles. The zero-order chi connectivity index (χ0) is 30.8. The molecule has 5 heterocycles. The number of carbonyl (C=O) groups excluding carboxylic acids is 1. The number of aromatic nitrogens is 5. The van der Waals surface area contributed by atoms with Gasteiger partial charge in [-0.3, -0.25) is 18.8 Å². The van der Waals surface area contributed by atoms with Crippen molar-refractivity contribution in [3.8, 4) is 11.3 Å². The Morgan fingerprint density at radius 1 is 1.18 bits per heavy atom. The Balaban J connectivity index is 1.09. The van der Waals surface area contributed by atoms with Crippen LogP contribution in [-0.4, -0.2) is 65.7 Å². The molecular weight excluding hydrogens is 591 g/mol. The van der Waals surface area contributed by atoms with Crippen LogP contribution in [0.2, 0.25) is 0 Å². The highest BCUT2D eigenvalue weighted by molar-refractivity contribution is 7.99. The first kappa shape index (κ1) is 30.1. The average molecular weight is 626 g/mol. The fourth-order valence-electron chi connectivity index (χ4n) is 5.79. The number of imidazole rings is 1. The van der Waals surface area contributed by atoms with Gasteiger partial charge < -0.3 is 10.6 Å². The van der Waals surface area contributed by atoms with Gasteiger partial charge in [-0.2, -0.15) is 18.3 Å². The number of anilines is 1. The van der Waals surface area contributed by atoms with Crippen molar-refractivity contribution >= 4 is 35.0 Å². The monoisotopic (exact) mass is 625 g/mol.